The summed E-state index contributed by atoms with van der Waals surface area (Å²) in [5, 5.41) is 12.6. The number of carbonyl (C=O) groups excluding carboxylic acids is 2. The molecule has 1 N–H and O–H groups in total. The van der Waals surface area contributed by atoms with E-state index in [1.54, 1.807) is 24.3 Å². The van der Waals surface area contributed by atoms with E-state index >= 15 is 0 Å². The molecule has 0 spiro atoms. The zero-order valence-electron chi connectivity index (χ0n) is 16.4. The standard InChI is InChI=1S/C21H20F3N3O3/c1-27(30-2)20(29)12-18(16-8-6-14(13-25)7-9-16)26-19(28)11-15-4-3-5-17(10-15)21(22,23)24/h3-10,18H,11-12H2,1-2H3,(H,26,28)/t18-/m0/s1. The lowest BCUT2D eigenvalue weighted by molar-refractivity contribution is -0.169. The van der Waals surface area contributed by atoms with Gasteiger partial charge in [0.25, 0.3) is 0 Å². The average molecular weight is 419 g/mol. The van der Waals surface area contributed by atoms with E-state index in [0.29, 0.717) is 11.1 Å². The van der Waals surface area contributed by atoms with Gasteiger partial charge in [-0.2, -0.15) is 18.4 Å². The molecule has 158 valence electrons. The highest BCUT2D eigenvalue weighted by Crippen LogP contribution is 2.29. The summed E-state index contributed by atoms with van der Waals surface area (Å²) in [5.74, 6) is -0.956. The van der Waals surface area contributed by atoms with Crippen LogP contribution in [-0.4, -0.2) is 31.0 Å². The van der Waals surface area contributed by atoms with Gasteiger partial charge in [-0.3, -0.25) is 14.4 Å². The van der Waals surface area contributed by atoms with Gasteiger partial charge in [0.15, 0.2) is 0 Å². The SMILES string of the molecule is CON(C)C(=O)C[C@H](NC(=O)Cc1cccc(C(F)(F)F)c1)c1ccc(C#N)cc1. The van der Waals surface area contributed by atoms with Crippen molar-refractivity contribution in [3.8, 4) is 6.07 Å². The van der Waals surface area contributed by atoms with Gasteiger partial charge in [0.1, 0.15) is 0 Å². The van der Waals surface area contributed by atoms with Crippen molar-refractivity contribution in [3.63, 3.8) is 0 Å². The van der Waals surface area contributed by atoms with E-state index in [1.807, 2.05) is 6.07 Å². The second kappa shape index (κ2) is 9.89. The normalized spacial score (nSPS) is 12.0. The van der Waals surface area contributed by atoms with Crippen LogP contribution in [0, 0.1) is 11.3 Å². The third-order valence-corrected chi connectivity index (χ3v) is 4.40. The van der Waals surface area contributed by atoms with Crippen LogP contribution in [0.4, 0.5) is 13.2 Å². The van der Waals surface area contributed by atoms with E-state index in [2.05, 4.69) is 5.32 Å². The van der Waals surface area contributed by atoms with Gasteiger partial charge in [-0.15, -0.1) is 0 Å². The van der Waals surface area contributed by atoms with Gasteiger partial charge >= 0.3 is 6.18 Å². The van der Waals surface area contributed by atoms with Crippen LogP contribution in [0.15, 0.2) is 48.5 Å². The molecule has 0 unspecified atom stereocenters. The van der Waals surface area contributed by atoms with Gasteiger partial charge in [-0.05, 0) is 29.3 Å². The summed E-state index contributed by atoms with van der Waals surface area (Å²) in [5.41, 5.74) is 0.340. The summed E-state index contributed by atoms with van der Waals surface area (Å²) in [6.07, 6.45) is -4.93. The Morgan fingerprint density at radius 3 is 2.43 bits per heavy atom. The van der Waals surface area contributed by atoms with E-state index in [4.69, 9.17) is 10.1 Å². The highest BCUT2D eigenvalue weighted by Gasteiger charge is 2.30. The van der Waals surface area contributed by atoms with E-state index in [1.165, 1.54) is 26.3 Å². The molecule has 0 radical (unpaired) electrons. The Morgan fingerprint density at radius 2 is 1.87 bits per heavy atom. The number of carbonyl (C=O) groups is 2. The minimum Gasteiger partial charge on any atom is -0.348 e. The highest BCUT2D eigenvalue weighted by atomic mass is 19.4. The molecule has 0 aliphatic rings. The molecule has 0 saturated heterocycles. The quantitative estimate of drug-likeness (QED) is 0.698. The Kier molecular flexibility index (Phi) is 7.55. The van der Waals surface area contributed by atoms with Crippen LogP contribution in [0.2, 0.25) is 0 Å². The number of amides is 2. The molecule has 6 nitrogen and oxygen atoms in total. The molecule has 0 heterocycles. The minimum absolute atomic E-state index is 0.134. The van der Waals surface area contributed by atoms with E-state index < -0.39 is 29.6 Å². The summed E-state index contributed by atoms with van der Waals surface area (Å²) in [7, 11) is 2.74. The second-order valence-corrected chi connectivity index (χ2v) is 6.51. The topological polar surface area (TPSA) is 82.4 Å². The molecule has 0 bridgehead atoms. The van der Waals surface area contributed by atoms with E-state index in [0.717, 1.165) is 17.2 Å². The van der Waals surface area contributed by atoms with Crippen LogP contribution >= 0.6 is 0 Å². The molecule has 0 aliphatic carbocycles. The maximum absolute atomic E-state index is 12.9. The van der Waals surface area contributed by atoms with Crippen molar-refractivity contribution in [2.75, 3.05) is 14.2 Å². The first-order valence-electron chi connectivity index (χ1n) is 8.90. The number of benzene rings is 2. The molecular weight excluding hydrogens is 399 g/mol. The Morgan fingerprint density at radius 1 is 1.20 bits per heavy atom. The first kappa shape index (κ1) is 22.9. The fourth-order valence-corrected chi connectivity index (χ4v) is 2.74. The summed E-state index contributed by atoms with van der Waals surface area (Å²) >= 11 is 0. The van der Waals surface area contributed by atoms with Gasteiger partial charge in [0.05, 0.1) is 43.2 Å². The molecule has 0 saturated carbocycles. The van der Waals surface area contributed by atoms with Gasteiger partial charge in [-0.25, -0.2) is 5.06 Å². The fraction of sp³-hybridized carbons (Fsp3) is 0.286. The number of hydroxylamine groups is 2. The molecule has 2 aromatic rings. The molecule has 9 heteroatoms. The lowest BCUT2D eigenvalue weighted by Crippen LogP contribution is -2.35. The number of nitrogens with zero attached hydrogens (tertiary/aromatic N) is 2. The molecule has 30 heavy (non-hydrogen) atoms. The van der Waals surface area contributed by atoms with Crippen molar-refractivity contribution in [1.82, 2.24) is 10.4 Å². The van der Waals surface area contributed by atoms with Crippen molar-refractivity contribution in [1.29, 1.82) is 5.26 Å². The molecule has 1 atom stereocenters. The summed E-state index contributed by atoms with van der Waals surface area (Å²) in [6.45, 7) is 0. The molecule has 2 amide bonds. The zero-order valence-corrected chi connectivity index (χ0v) is 16.4. The number of halogens is 3. The van der Waals surface area contributed by atoms with Crippen molar-refractivity contribution < 1.29 is 27.6 Å². The van der Waals surface area contributed by atoms with Crippen LogP contribution < -0.4 is 5.32 Å². The highest BCUT2D eigenvalue weighted by molar-refractivity contribution is 5.81. The number of alkyl halides is 3. The van der Waals surface area contributed by atoms with Crippen molar-refractivity contribution in [2.24, 2.45) is 0 Å². The zero-order chi connectivity index (χ0) is 22.3. The number of rotatable bonds is 7. The van der Waals surface area contributed by atoms with E-state index in [-0.39, 0.29) is 18.4 Å². The lowest BCUT2D eigenvalue weighted by atomic mass is 10.0. The van der Waals surface area contributed by atoms with Crippen LogP contribution in [0.5, 0.6) is 0 Å². The van der Waals surface area contributed by atoms with Crippen LogP contribution in [-0.2, 0) is 27.0 Å². The first-order chi connectivity index (χ1) is 14.1. The molecule has 0 aliphatic heterocycles. The summed E-state index contributed by atoms with van der Waals surface area (Å²) in [4.78, 5) is 29.6. The average Bonchev–Trinajstić information content (AvgIpc) is 2.72. The Balaban J connectivity index is 2.19. The van der Waals surface area contributed by atoms with Gasteiger partial charge < -0.3 is 5.32 Å². The molecule has 2 aromatic carbocycles. The first-order valence-corrected chi connectivity index (χ1v) is 8.90. The fourth-order valence-electron chi connectivity index (χ4n) is 2.74. The van der Waals surface area contributed by atoms with Gasteiger partial charge in [0, 0.05) is 7.05 Å². The predicted octanol–water partition coefficient (Wildman–Crippen LogP) is 3.39. The van der Waals surface area contributed by atoms with Crippen molar-refractivity contribution in [2.45, 2.75) is 25.1 Å². The van der Waals surface area contributed by atoms with Crippen LogP contribution in [0.3, 0.4) is 0 Å². The summed E-state index contributed by atoms with van der Waals surface area (Å²) in [6, 6.07) is 12.0. The molecule has 0 fully saturated rings. The maximum Gasteiger partial charge on any atom is 0.416 e. The Bertz CT molecular complexity index is 937. The number of nitrogens with one attached hydrogen (secondary N) is 1. The van der Waals surface area contributed by atoms with Crippen molar-refractivity contribution in [3.05, 3.63) is 70.8 Å². The van der Waals surface area contributed by atoms with Crippen LogP contribution in [0.25, 0.3) is 0 Å². The largest absolute Gasteiger partial charge is 0.416 e. The number of hydrogen-bond donors (Lipinski definition) is 1. The van der Waals surface area contributed by atoms with E-state index in [9.17, 15) is 22.8 Å². The Hall–Kier alpha value is -3.38. The van der Waals surface area contributed by atoms with Crippen LogP contribution in [0.1, 0.15) is 34.7 Å². The minimum atomic E-state index is -4.51. The predicted molar refractivity (Wildman–Crippen MR) is 102 cm³/mol. The van der Waals surface area contributed by atoms with Gasteiger partial charge in [0.2, 0.25) is 11.8 Å². The smallest absolute Gasteiger partial charge is 0.348 e. The third kappa shape index (κ3) is 6.32. The maximum atomic E-state index is 12.9. The molecule has 2 rings (SSSR count). The number of hydrogen-bond acceptors (Lipinski definition) is 4. The monoisotopic (exact) mass is 419 g/mol. The third-order valence-electron chi connectivity index (χ3n) is 4.40. The van der Waals surface area contributed by atoms with Gasteiger partial charge in [-0.1, -0.05) is 30.3 Å². The summed E-state index contributed by atoms with van der Waals surface area (Å²) < 4.78 is 38.6. The second-order valence-electron chi connectivity index (χ2n) is 6.51. The number of nitriles is 1. The molecule has 0 aromatic heterocycles. The lowest BCUT2D eigenvalue weighted by Gasteiger charge is -2.22. The molecular formula is C21H20F3N3O3. The van der Waals surface area contributed by atoms with Crippen molar-refractivity contribution >= 4 is 11.8 Å². The Labute approximate surface area is 171 Å².